The molecule has 1 fully saturated rings. The summed E-state index contributed by atoms with van der Waals surface area (Å²) in [5, 5.41) is 16.6. The quantitative estimate of drug-likeness (QED) is 0.324. The molecule has 0 radical (unpaired) electrons. The van der Waals surface area contributed by atoms with Crippen molar-refractivity contribution in [3.8, 4) is 11.8 Å². The number of ether oxygens (including phenoxy) is 1. The summed E-state index contributed by atoms with van der Waals surface area (Å²) in [6.45, 7) is 3.71. The fourth-order valence-corrected chi connectivity index (χ4v) is 5.82. The molecule has 9 nitrogen and oxygen atoms in total. The van der Waals surface area contributed by atoms with Crippen molar-refractivity contribution in [2.24, 2.45) is 0 Å². The van der Waals surface area contributed by atoms with Gasteiger partial charge in [-0.2, -0.15) is 0 Å². The Bertz CT molecular complexity index is 1490. The molecule has 3 aromatic heterocycles. The summed E-state index contributed by atoms with van der Waals surface area (Å²) in [6, 6.07) is 7.61. The number of aryl methyl sites for hydroxylation is 1. The highest BCUT2D eigenvalue weighted by Crippen LogP contribution is 2.50. The molecule has 35 heavy (non-hydrogen) atoms. The second-order valence-electron chi connectivity index (χ2n) is 7.99. The zero-order valence-electron chi connectivity index (χ0n) is 18.4. The van der Waals surface area contributed by atoms with Gasteiger partial charge in [-0.25, -0.2) is 14.8 Å². The smallest absolute Gasteiger partial charge is 0.412 e. The van der Waals surface area contributed by atoms with Gasteiger partial charge in [0.05, 0.1) is 0 Å². The summed E-state index contributed by atoms with van der Waals surface area (Å²) in [5.74, 6) is 4.82. The van der Waals surface area contributed by atoms with E-state index in [1.54, 1.807) is 6.92 Å². The maximum atomic E-state index is 12.5. The van der Waals surface area contributed by atoms with Gasteiger partial charge in [-0.1, -0.05) is 63.7 Å². The molecule has 1 aromatic carbocycles. The monoisotopic (exact) mass is 528 g/mol. The number of anilines is 1. The van der Waals surface area contributed by atoms with Crippen LogP contribution in [0.5, 0.6) is 0 Å². The van der Waals surface area contributed by atoms with Gasteiger partial charge in [0.25, 0.3) is 0 Å². The zero-order valence-corrected chi connectivity index (χ0v) is 20.8. The van der Waals surface area contributed by atoms with Crippen molar-refractivity contribution in [2.45, 2.75) is 38.2 Å². The molecule has 0 bridgehead atoms. The lowest BCUT2D eigenvalue weighted by molar-refractivity contribution is -0.140. The number of nitrogens with one attached hydrogen (secondary N) is 1. The topological polar surface area (TPSA) is 127 Å². The first-order valence-corrected chi connectivity index (χ1v) is 12.5. The van der Waals surface area contributed by atoms with Gasteiger partial charge in [0, 0.05) is 0 Å². The van der Waals surface area contributed by atoms with Crippen molar-refractivity contribution in [1.82, 2.24) is 15.1 Å². The van der Waals surface area contributed by atoms with E-state index in [-0.39, 0.29) is 16.6 Å². The number of benzene rings is 1. The van der Waals surface area contributed by atoms with Crippen LogP contribution >= 0.6 is 34.3 Å². The molecule has 1 saturated carbocycles. The Morgan fingerprint density at radius 3 is 2.66 bits per heavy atom. The molecule has 3 heterocycles. The van der Waals surface area contributed by atoms with E-state index >= 15 is 0 Å². The Kier molecular flexibility index (Phi) is 5.96. The number of fused-ring (bicyclic) bond motifs is 1. The number of aromatic nitrogens is 3. The lowest BCUT2D eigenvalue weighted by Crippen LogP contribution is -2.18. The lowest BCUT2D eigenvalue weighted by atomic mass is 10.1. The molecule has 2 N–H and O–H groups in total. The predicted molar refractivity (Wildman–Crippen MR) is 131 cm³/mol. The van der Waals surface area contributed by atoms with E-state index in [1.165, 1.54) is 22.7 Å². The summed E-state index contributed by atoms with van der Waals surface area (Å²) in [6.07, 6.45) is -0.0396. The second kappa shape index (κ2) is 8.96. The minimum atomic E-state index is -0.862. The second-order valence-corrected chi connectivity index (χ2v) is 10.3. The van der Waals surface area contributed by atoms with Crippen LogP contribution in [0.3, 0.4) is 0 Å². The molecular formula is C23H17ClN4O5S2. The summed E-state index contributed by atoms with van der Waals surface area (Å²) >= 11 is 8.58. The highest BCUT2D eigenvalue weighted by molar-refractivity contribution is 7.26. The number of hydrogen-bond donors (Lipinski definition) is 2. The van der Waals surface area contributed by atoms with E-state index in [2.05, 4.69) is 32.3 Å². The average molecular weight is 529 g/mol. The molecule has 4 aromatic rings. The number of carboxylic acid groups (broad SMARTS) is 1. The van der Waals surface area contributed by atoms with Crippen LogP contribution < -0.4 is 5.32 Å². The van der Waals surface area contributed by atoms with Gasteiger partial charge in [-0.05, 0) is 49.7 Å². The van der Waals surface area contributed by atoms with Crippen molar-refractivity contribution in [3.05, 3.63) is 56.3 Å². The molecule has 5 rings (SSSR count). The lowest BCUT2D eigenvalue weighted by Gasteiger charge is -2.15. The number of rotatable bonds is 5. The first-order valence-electron chi connectivity index (χ1n) is 10.5. The van der Waals surface area contributed by atoms with Crippen LogP contribution in [0.4, 0.5) is 10.5 Å². The fourth-order valence-electron chi connectivity index (χ4n) is 3.52. The molecule has 0 saturated heterocycles. The van der Waals surface area contributed by atoms with Gasteiger partial charge in [0.1, 0.15) is 22.2 Å². The Morgan fingerprint density at radius 2 is 1.97 bits per heavy atom. The van der Waals surface area contributed by atoms with E-state index in [1.807, 2.05) is 31.2 Å². The van der Waals surface area contributed by atoms with Gasteiger partial charge in [0.15, 0.2) is 19.8 Å². The third kappa shape index (κ3) is 4.48. The van der Waals surface area contributed by atoms with Gasteiger partial charge in [0.2, 0.25) is 5.76 Å². The molecule has 1 aliphatic rings. The summed E-state index contributed by atoms with van der Waals surface area (Å²) in [4.78, 5) is 34.1. The minimum absolute atomic E-state index is 0.0468. The highest BCUT2D eigenvalue weighted by atomic mass is 35.5. The van der Waals surface area contributed by atoms with Crippen LogP contribution in [0, 0.1) is 18.8 Å². The number of carbonyl (C=O) groups excluding carboxylic acids is 1. The van der Waals surface area contributed by atoms with Crippen molar-refractivity contribution >= 4 is 61.7 Å². The van der Waals surface area contributed by atoms with Gasteiger partial charge >= 0.3 is 12.1 Å². The zero-order chi connectivity index (χ0) is 24.7. The summed E-state index contributed by atoms with van der Waals surface area (Å²) in [5.41, 5.74) is 1.12. The van der Waals surface area contributed by atoms with Crippen molar-refractivity contribution in [1.29, 1.82) is 0 Å². The number of halogens is 1. The Labute approximate surface area is 212 Å². The predicted octanol–water partition coefficient (Wildman–Crippen LogP) is 5.53. The largest absolute Gasteiger partial charge is 0.481 e. The molecule has 1 atom stereocenters. The first-order chi connectivity index (χ1) is 16.8. The molecule has 1 aliphatic carbocycles. The molecule has 0 spiro atoms. The standard InChI is InChI=1S/C23H17ClN4O5S2/c1-11-5-3-4-6-13(11)12(2)32-22(31)26-16-14(33-28-17(16)24)7-8-15-25-18-19(34-15)27-20(35-18)23(9-10-23)21(29)30/h3-6,12H,9-10H2,1-2H3,(H,26,31)(H,29,30). The molecule has 1 unspecified atom stereocenters. The molecule has 1 amide bonds. The summed E-state index contributed by atoms with van der Waals surface area (Å²) in [7, 11) is 0. The number of hydrogen-bond acceptors (Lipinski definition) is 9. The normalized spacial score (nSPS) is 14.7. The van der Waals surface area contributed by atoms with Crippen LogP contribution in [-0.2, 0) is 14.9 Å². The van der Waals surface area contributed by atoms with E-state index in [0.717, 1.165) is 11.1 Å². The molecule has 178 valence electrons. The maximum absolute atomic E-state index is 12.5. The van der Waals surface area contributed by atoms with E-state index in [4.69, 9.17) is 20.9 Å². The third-order valence-corrected chi connectivity index (χ3v) is 8.02. The van der Waals surface area contributed by atoms with Crippen LogP contribution in [-0.4, -0.2) is 32.3 Å². The van der Waals surface area contributed by atoms with Crippen molar-refractivity contribution in [2.75, 3.05) is 5.32 Å². The van der Waals surface area contributed by atoms with E-state index < -0.39 is 23.6 Å². The van der Waals surface area contributed by atoms with Crippen LogP contribution in [0.15, 0.2) is 28.8 Å². The fraction of sp³-hybridized carbons (Fsp3) is 0.261. The Morgan fingerprint density at radius 1 is 1.23 bits per heavy atom. The Hall–Kier alpha value is -3.46. The van der Waals surface area contributed by atoms with Crippen molar-refractivity contribution in [3.63, 3.8) is 0 Å². The number of aliphatic carboxylic acids is 1. The number of carbonyl (C=O) groups is 2. The van der Waals surface area contributed by atoms with Crippen molar-refractivity contribution < 1.29 is 24.0 Å². The average Bonchev–Trinajstić information content (AvgIpc) is 3.25. The minimum Gasteiger partial charge on any atom is -0.481 e. The molecule has 12 heteroatoms. The van der Waals surface area contributed by atoms with Crippen LogP contribution in [0.25, 0.3) is 9.66 Å². The first kappa shape index (κ1) is 23.3. The maximum Gasteiger partial charge on any atom is 0.412 e. The SMILES string of the molecule is Cc1ccccc1C(C)OC(=O)Nc1c(Cl)noc1C#Cc1nc2sc(C3(C(=O)O)CC3)nc2s1. The van der Waals surface area contributed by atoms with Crippen LogP contribution in [0.2, 0.25) is 5.15 Å². The number of thiazole rings is 2. The van der Waals surface area contributed by atoms with E-state index in [0.29, 0.717) is 32.5 Å². The third-order valence-electron chi connectivity index (χ3n) is 5.62. The van der Waals surface area contributed by atoms with Gasteiger partial charge in [-0.3, -0.25) is 10.1 Å². The van der Waals surface area contributed by atoms with E-state index in [9.17, 15) is 14.7 Å². The van der Waals surface area contributed by atoms with Crippen LogP contribution in [0.1, 0.15) is 52.8 Å². The highest BCUT2D eigenvalue weighted by Gasteiger charge is 2.54. The summed E-state index contributed by atoms with van der Waals surface area (Å²) < 4.78 is 10.6. The number of nitrogens with zero attached hydrogens (tertiary/aromatic N) is 3. The molecular weight excluding hydrogens is 512 g/mol. The van der Waals surface area contributed by atoms with Gasteiger partial charge < -0.3 is 14.4 Å². The number of carboxylic acids is 1. The molecule has 0 aliphatic heterocycles. The number of amides is 1. The van der Waals surface area contributed by atoms with Gasteiger partial charge in [-0.15, -0.1) is 0 Å². The Balaban J connectivity index is 1.30.